The third-order valence-corrected chi connectivity index (χ3v) is 3.94. The number of carbonyl (C=O) groups excluding carboxylic acids is 1. The molecule has 3 aromatic rings. The molecule has 1 heterocycles. The molecule has 0 aliphatic carbocycles. The fourth-order valence-electron chi connectivity index (χ4n) is 2.43. The average molecular weight is 356 g/mol. The van der Waals surface area contributed by atoms with Crippen molar-refractivity contribution < 1.29 is 9.53 Å². The molecule has 0 radical (unpaired) electrons. The molecule has 5 nitrogen and oxygen atoms in total. The molecule has 0 aliphatic rings. The highest BCUT2D eigenvalue weighted by atomic mass is 35.5. The van der Waals surface area contributed by atoms with E-state index in [0.717, 1.165) is 17.7 Å². The van der Waals surface area contributed by atoms with Crippen LogP contribution in [-0.2, 0) is 11.2 Å². The summed E-state index contributed by atoms with van der Waals surface area (Å²) in [6.45, 7) is 1.92. The number of carbonyl (C=O) groups is 1. The summed E-state index contributed by atoms with van der Waals surface area (Å²) in [7, 11) is 0. The number of nitrogens with zero attached hydrogens (tertiary/aromatic N) is 1. The summed E-state index contributed by atoms with van der Waals surface area (Å²) in [6.07, 6.45) is 0.718. The van der Waals surface area contributed by atoms with Gasteiger partial charge in [-0.15, -0.1) is 0 Å². The number of aryl methyl sites for hydroxylation is 1. The van der Waals surface area contributed by atoms with Gasteiger partial charge in [-0.25, -0.2) is 0 Å². The van der Waals surface area contributed by atoms with Crippen LogP contribution in [0.3, 0.4) is 0 Å². The van der Waals surface area contributed by atoms with Crippen molar-refractivity contribution in [3.05, 3.63) is 65.3 Å². The van der Waals surface area contributed by atoms with Crippen LogP contribution >= 0.6 is 11.6 Å². The number of hydrogen-bond acceptors (Lipinski definition) is 3. The number of amides is 1. The van der Waals surface area contributed by atoms with Gasteiger partial charge in [-0.1, -0.05) is 48.9 Å². The van der Waals surface area contributed by atoms with Crippen LogP contribution in [-0.4, -0.2) is 22.7 Å². The number of H-pyrrole nitrogens is 1. The van der Waals surface area contributed by atoms with Crippen LogP contribution in [0.2, 0.25) is 5.02 Å². The standard InChI is InChI=1S/C19H18ClN3O2/c1-2-16-19(18(23-22-16)13-8-10-14(20)11-9-13)21-17(24)12-25-15-6-4-3-5-7-15/h3-11H,2,12H2,1H3,(H,21,24)(H,22,23). The second-order valence-electron chi connectivity index (χ2n) is 5.44. The van der Waals surface area contributed by atoms with Crippen LogP contribution in [0.15, 0.2) is 54.6 Å². The molecule has 1 amide bonds. The molecule has 0 fully saturated rings. The lowest BCUT2D eigenvalue weighted by molar-refractivity contribution is -0.118. The molecule has 25 heavy (non-hydrogen) atoms. The highest BCUT2D eigenvalue weighted by Crippen LogP contribution is 2.30. The maximum absolute atomic E-state index is 12.3. The fourth-order valence-corrected chi connectivity index (χ4v) is 2.55. The summed E-state index contributed by atoms with van der Waals surface area (Å²) in [4.78, 5) is 12.3. The van der Waals surface area contributed by atoms with Crippen molar-refractivity contribution in [1.29, 1.82) is 0 Å². The lowest BCUT2D eigenvalue weighted by Crippen LogP contribution is -2.21. The normalized spacial score (nSPS) is 10.5. The molecule has 0 saturated carbocycles. The fraction of sp³-hybridized carbons (Fsp3) is 0.158. The summed E-state index contributed by atoms with van der Waals surface area (Å²) < 4.78 is 5.49. The molecule has 0 spiro atoms. The molecule has 0 saturated heterocycles. The molecule has 0 atom stereocenters. The van der Waals surface area contributed by atoms with Crippen molar-refractivity contribution in [2.75, 3.05) is 11.9 Å². The molecule has 128 valence electrons. The Morgan fingerprint density at radius 1 is 1.16 bits per heavy atom. The maximum Gasteiger partial charge on any atom is 0.262 e. The summed E-state index contributed by atoms with van der Waals surface area (Å²) >= 11 is 5.94. The number of para-hydroxylation sites is 1. The van der Waals surface area contributed by atoms with E-state index >= 15 is 0 Å². The van der Waals surface area contributed by atoms with Crippen LogP contribution < -0.4 is 10.1 Å². The largest absolute Gasteiger partial charge is 0.484 e. The minimum absolute atomic E-state index is 0.0710. The first-order chi connectivity index (χ1) is 12.2. The summed E-state index contributed by atoms with van der Waals surface area (Å²) in [5.74, 6) is 0.411. The lowest BCUT2D eigenvalue weighted by Gasteiger charge is -2.09. The van der Waals surface area contributed by atoms with E-state index in [9.17, 15) is 4.79 Å². The first-order valence-corrected chi connectivity index (χ1v) is 8.36. The Labute approximate surface area is 151 Å². The number of rotatable bonds is 6. The molecular formula is C19H18ClN3O2. The van der Waals surface area contributed by atoms with Crippen LogP contribution in [0.25, 0.3) is 11.3 Å². The topological polar surface area (TPSA) is 67.0 Å². The molecule has 1 aromatic heterocycles. The molecule has 6 heteroatoms. The molecule has 0 bridgehead atoms. The van der Waals surface area contributed by atoms with Gasteiger partial charge in [0.2, 0.25) is 0 Å². The third kappa shape index (κ3) is 4.19. The van der Waals surface area contributed by atoms with Crippen molar-refractivity contribution in [2.45, 2.75) is 13.3 Å². The first kappa shape index (κ1) is 17.0. The predicted molar refractivity (Wildman–Crippen MR) is 99.0 cm³/mol. The van der Waals surface area contributed by atoms with Gasteiger partial charge in [-0.3, -0.25) is 9.89 Å². The molecule has 0 aliphatic heterocycles. The zero-order chi connectivity index (χ0) is 17.6. The Balaban J connectivity index is 1.75. The first-order valence-electron chi connectivity index (χ1n) is 7.98. The maximum atomic E-state index is 12.3. The van der Waals surface area contributed by atoms with Crippen molar-refractivity contribution >= 4 is 23.2 Å². The Morgan fingerprint density at radius 2 is 1.88 bits per heavy atom. The minimum Gasteiger partial charge on any atom is -0.484 e. The second-order valence-corrected chi connectivity index (χ2v) is 5.87. The third-order valence-electron chi connectivity index (χ3n) is 3.69. The number of nitrogens with one attached hydrogen (secondary N) is 2. The molecule has 0 unspecified atom stereocenters. The number of hydrogen-bond donors (Lipinski definition) is 2. The van der Waals surface area contributed by atoms with Gasteiger partial charge in [0.15, 0.2) is 6.61 Å². The number of ether oxygens (including phenoxy) is 1. The van der Waals surface area contributed by atoms with Gasteiger partial charge in [0.1, 0.15) is 11.4 Å². The smallest absolute Gasteiger partial charge is 0.262 e. The molecular weight excluding hydrogens is 338 g/mol. The van der Waals surface area contributed by atoms with Crippen LogP contribution in [0.4, 0.5) is 5.69 Å². The SMILES string of the molecule is CCc1[nH]nc(-c2ccc(Cl)cc2)c1NC(=O)COc1ccccc1. The lowest BCUT2D eigenvalue weighted by atomic mass is 10.1. The van der Waals surface area contributed by atoms with Crippen LogP contribution in [0.5, 0.6) is 5.75 Å². The van der Waals surface area contributed by atoms with Crippen molar-refractivity contribution in [1.82, 2.24) is 10.2 Å². The average Bonchev–Trinajstić information content (AvgIpc) is 3.04. The molecule has 2 aromatic carbocycles. The van der Waals surface area contributed by atoms with E-state index in [0.29, 0.717) is 22.2 Å². The van der Waals surface area contributed by atoms with Crippen molar-refractivity contribution in [3.63, 3.8) is 0 Å². The second kappa shape index (κ2) is 7.85. The quantitative estimate of drug-likeness (QED) is 0.692. The zero-order valence-electron chi connectivity index (χ0n) is 13.8. The van der Waals surface area contributed by atoms with Gasteiger partial charge >= 0.3 is 0 Å². The minimum atomic E-state index is -0.241. The Bertz CT molecular complexity index is 845. The highest BCUT2D eigenvalue weighted by Gasteiger charge is 2.16. The van der Waals surface area contributed by atoms with E-state index in [1.54, 1.807) is 12.1 Å². The van der Waals surface area contributed by atoms with Gasteiger partial charge in [-0.05, 0) is 30.7 Å². The monoisotopic (exact) mass is 355 g/mol. The summed E-state index contributed by atoms with van der Waals surface area (Å²) in [5.41, 5.74) is 3.09. The number of aromatic nitrogens is 2. The van der Waals surface area contributed by atoms with E-state index in [1.807, 2.05) is 49.4 Å². The van der Waals surface area contributed by atoms with Crippen molar-refractivity contribution in [2.24, 2.45) is 0 Å². The zero-order valence-corrected chi connectivity index (χ0v) is 14.5. The molecule has 2 N–H and O–H groups in total. The van der Waals surface area contributed by atoms with E-state index in [-0.39, 0.29) is 12.5 Å². The van der Waals surface area contributed by atoms with Crippen molar-refractivity contribution in [3.8, 4) is 17.0 Å². The predicted octanol–water partition coefficient (Wildman–Crippen LogP) is 4.31. The van der Waals surface area contributed by atoms with E-state index in [1.165, 1.54) is 0 Å². The Morgan fingerprint density at radius 3 is 2.56 bits per heavy atom. The van der Waals surface area contributed by atoms with E-state index in [4.69, 9.17) is 16.3 Å². The van der Waals surface area contributed by atoms with Gasteiger partial charge < -0.3 is 10.1 Å². The van der Waals surface area contributed by atoms with Crippen LogP contribution in [0, 0.1) is 0 Å². The number of halogens is 1. The van der Waals surface area contributed by atoms with E-state index < -0.39 is 0 Å². The van der Waals surface area contributed by atoms with Gasteiger partial charge in [0.05, 0.1) is 11.4 Å². The van der Waals surface area contributed by atoms with E-state index in [2.05, 4.69) is 15.5 Å². The number of anilines is 1. The number of aromatic amines is 1. The molecule has 3 rings (SSSR count). The Hall–Kier alpha value is -2.79. The van der Waals surface area contributed by atoms with Crippen LogP contribution in [0.1, 0.15) is 12.6 Å². The highest BCUT2D eigenvalue weighted by molar-refractivity contribution is 6.30. The van der Waals surface area contributed by atoms with Gasteiger partial charge in [-0.2, -0.15) is 5.10 Å². The van der Waals surface area contributed by atoms with Gasteiger partial charge in [0, 0.05) is 10.6 Å². The summed E-state index contributed by atoms with van der Waals surface area (Å²) in [6, 6.07) is 16.5. The number of benzene rings is 2. The Kier molecular flexibility index (Phi) is 5.36. The summed E-state index contributed by atoms with van der Waals surface area (Å²) in [5, 5.41) is 10.9. The van der Waals surface area contributed by atoms with Gasteiger partial charge in [0.25, 0.3) is 5.91 Å².